The van der Waals surface area contributed by atoms with Crippen molar-refractivity contribution < 1.29 is 13.2 Å². The van der Waals surface area contributed by atoms with Gasteiger partial charge in [-0.1, -0.05) is 0 Å². The van der Waals surface area contributed by atoms with Crippen molar-refractivity contribution in [2.75, 3.05) is 5.73 Å². The van der Waals surface area contributed by atoms with E-state index in [4.69, 9.17) is 11.0 Å². The second-order valence-corrected chi connectivity index (χ2v) is 2.45. The number of rotatable bonds is 0. The minimum Gasteiger partial charge on any atom is -0.384 e. The van der Waals surface area contributed by atoms with Gasteiger partial charge in [0.2, 0.25) is 5.43 Å². The van der Waals surface area contributed by atoms with E-state index in [0.717, 1.165) is 0 Å². The Hall–Kier alpha value is -1.97. The van der Waals surface area contributed by atoms with E-state index in [9.17, 15) is 18.0 Å². The Bertz CT molecular complexity index is 455. The molecule has 1 rings (SSSR count). The Morgan fingerprint density at radius 1 is 1.50 bits per heavy atom. The van der Waals surface area contributed by atoms with Gasteiger partial charge in [0, 0.05) is 6.07 Å². The predicted octanol–water partition coefficient (Wildman–Crippen LogP) is 0.848. The minimum atomic E-state index is -4.68. The number of anilines is 1. The molecule has 0 spiro atoms. The van der Waals surface area contributed by atoms with Crippen LogP contribution in [0, 0.1) is 11.3 Å². The van der Waals surface area contributed by atoms with E-state index in [2.05, 4.69) is 0 Å². The van der Waals surface area contributed by atoms with E-state index in [0.29, 0.717) is 6.07 Å². The van der Waals surface area contributed by atoms with Gasteiger partial charge in [-0.25, -0.2) is 0 Å². The quantitative estimate of drug-likeness (QED) is 0.655. The van der Waals surface area contributed by atoms with Gasteiger partial charge in [-0.15, -0.1) is 0 Å². The maximum Gasteiger partial charge on any atom is 0.431 e. The average Bonchev–Trinajstić information content (AvgIpc) is 2.01. The van der Waals surface area contributed by atoms with Crippen molar-refractivity contribution in [3.8, 4) is 6.07 Å². The van der Waals surface area contributed by atoms with Crippen LogP contribution in [0.4, 0.5) is 19.0 Å². The molecule has 0 aliphatic heterocycles. The van der Waals surface area contributed by atoms with Crippen molar-refractivity contribution in [2.45, 2.75) is 6.18 Å². The molecule has 7 heteroatoms. The molecule has 0 amide bonds. The number of alkyl halides is 3. The van der Waals surface area contributed by atoms with Crippen molar-refractivity contribution in [1.82, 2.24) is 4.98 Å². The third kappa shape index (κ3) is 1.69. The number of aromatic amines is 1. The van der Waals surface area contributed by atoms with Crippen LogP contribution >= 0.6 is 0 Å². The molecule has 0 aromatic carbocycles. The van der Waals surface area contributed by atoms with Gasteiger partial charge in [0.15, 0.2) is 0 Å². The fourth-order valence-electron chi connectivity index (χ4n) is 0.848. The van der Waals surface area contributed by atoms with Gasteiger partial charge in [0.25, 0.3) is 0 Å². The topological polar surface area (TPSA) is 82.7 Å². The Kier molecular flexibility index (Phi) is 2.21. The summed E-state index contributed by atoms with van der Waals surface area (Å²) in [6, 6.07) is 1.71. The van der Waals surface area contributed by atoms with Crippen LogP contribution in [0.25, 0.3) is 0 Å². The van der Waals surface area contributed by atoms with Crippen LogP contribution in [-0.4, -0.2) is 4.98 Å². The lowest BCUT2D eigenvalue weighted by atomic mass is 10.2. The lowest BCUT2D eigenvalue weighted by Crippen LogP contribution is -2.18. The van der Waals surface area contributed by atoms with E-state index >= 15 is 0 Å². The van der Waals surface area contributed by atoms with Crippen LogP contribution in [0.5, 0.6) is 0 Å². The number of nitrogens with zero attached hydrogens (tertiary/aromatic N) is 1. The molecule has 4 nitrogen and oxygen atoms in total. The molecule has 0 atom stereocenters. The largest absolute Gasteiger partial charge is 0.431 e. The average molecular weight is 203 g/mol. The molecular formula is C7H4F3N3O. The molecule has 0 fully saturated rings. The molecule has 0 aliphatic rings. The Balaban J connectivity index is 3.45. The van der Waals surface area contributed by atoms with Crippen molar-refractivity contribution in [3.05, 3.63) is 27.5 Å². The fourth-order valence-corrected chi connectivity index (χ4v) is 0.848. The smallest absolute Gasteiger partial charge is 0.384 e. The van der Waals surface area contributed by atoms with Gasteiger partial charge in [0.05, 0.1) is 0 Å². The molecule has 1 heterocycles. The maximum atomic E-state index is 12.1. The SMILES string of the molecule is N#Cc1c(N)[nH]c(C(F)(F)F)cc1=O. The zero-order valence-electron chi connectivity index (χ0n) is 6.64. The van der Waals surface area contributed by atoms with Gasteiger partial charge in [-0.3, -0.25) is 4.79 Å². The monoisotopic (exact) mass is 203 g/mol. The zero-order valence-corrected chi connectivity index (χ0v) is 6.64. The fraction of sp³-hybridized carbons (Fsp3) is 0.143. The van der Waals surface area contributed by atoms with E-state index in [1.807, 2.05) is 0 Å². The molecule has 14 heavy (non-hydrogen) atoms. The first kappa shape index (κ1) is 10.1. The highest BCUT2D eigenvalue weighted by Gasteiger charge is 2.32. The van der Waals surface area contributed by atoms with E-state index in [1.165, 1.54) is 6.07 Å². The van der Waals surface area contributed by atoms with Gasteiger partial charge < -0.3 is 10.7 Å². The summed E-state index contributed by atoms with van der Waals surface area (Å²) in [6.45, 7) is 0. The molecular weight excluding hydrogens is 199 g/mol. The predicted molar refractivity (Wildman–Crippen MR) is 41.2 cm³/mol. The van der Waals surface area contributed by atoms with Gasteiger partial charge in [0.1, 0.15) is 23.1 Å². The second kappa shape index (κ2) is 3.06. The third-order valence-corrected chi connectivity index (χ3v) is 1.48. The van der Waals surface area contributed by atoms with Crippen molar-refractivity contribution in [3.63, 3.8) is 0 Å². The van der Waals surface area contributed by atoms with E-state index in [-0.39, 0.29) is 0 Å². The summed E-state index contributed by atoms with van der Waals surface area (Å²) in [5.41, 5.74) is 2.23. The molecule has 0 aliphatic carbocycles. The lowest BCUT2D eigenvalue weighted by Gasteiger charge is -2.07. The molecule has 3 N–H and O–H groups in total. The zero-order chi connectivity index (χ0) is 10.9. The molecule has 0 bridgehead atoms. The third-order valence-electron chi connectivity index (χ3n) is 1.48. The highest BCUT2D eigenvalue weighted by atomic mass is 19.4. The normalized spacial score (nSPS) is 11.0. The van der Waals surface area contributed by atoms with Crippen LogP contribution in [0.3, 0.4) is 0 Å². The number of hydrogen-bond acceptors (Lipinski definition) is 3. The molecule has 0 unspecified atom stereocenters. The molecule has 1 aromatic heterocycles. The Labute approximate surface area is 75.8 Å². The second-order valence-electron chi connectivity index (χ2n) is 2.45. The van der Waals surface area contributed by atoms with Crippen LogP contribution in [0.15, 0.2) is 10.9 Å². The standard InChI is InChI=1S/C7H4F3N3O/c8-7(9,10)5-1-4(14)3(2-11)6(12)13-5/h1H,(H3,12,13,14). The number of nitrogens with one attached hydrogen (secondary N) is 1. The highest BCUT2D eigenvalue weighted by Crippen LogP contribution is 2.27. The van der Waals surface area contributed by atoms with Crippen LogP contribution < -0.4 is 11.2 Å². The number of halogens is 3. The Morgan fingerprint density at radius 3 is 2.43 bits per heavy atom. The number of nitriles is 1. The van der Waals surface area contributed by atoms with Crippen molar-refractivity contribution in [2.24, 2.45) is 0 Å². The van der Waals surface area contributed by atoms with Crippen LogP contribution in [0.1, 0.15) is 11.3 Å². The van der Waals surface area contributed by atoms with Crippen molar-refractivity contribution >= 4 is 5.82 Å². The Morgan fingerprint density at radius 2 is 2.07 bits per heavy atom. The summed E-state index contributed by atoms with van der Waals surface area (Å²) < 4.78 is 36.2. The summed E-state index contributed by atoms with van der Waals surface area (Å²) in [6.07, 6.45) is -4.68. The number of hydrogen-bond donors (Lipinski definition) is 2. The number of aromatic nitrogens is 1. The first-order valence-electron chi connectivity index (χ1n) is 3.36. The summed E-state index contributed by atoms with van der Waals surface area (Å²) in [5.74, 6) is -0.577. The first-order chi connectivity index (χ1) is 6.36. The molecule has 1 aromatic rings. The highest BCUT2D eigenvalue weighted by molar-refractivity contribution is 5.48. The van der Waals surface area contributed by atoms with Crippen LogP contribution in [0.2, 0.25) is 0 Å². The molecule has 0 radical (unpaired) electrons. The lowest BCUT2D eigenvalue weighted by molar-refractivity contribution is -0.141. The number of pyridine rings is 1. The van der Waals surface area contributed by atoms with Crippen LogP contribution in [-0.2, 0) is 6.18 Å². The summed E-state index contributed by atoms with van der Waals surface area (Å²) >= 11 is 0. The van der Waals surface area contributed by atoms with Gasteiger partial charge in [-0.2, -0.15) is 18.4 Å². The summed E-state index contributed by atoms with van der Waals surface area (Å²) in [5, 5.41) is 8.36. The molecule has 74 valence electrons. The number of nitrogens with two attached hydrogens (primary N) is 1. The van der Waals surface area contributed by atoms with Crippen molar-refractivity contribution in [1.29, 1.82) is 5.26 Å². The first-order valence-corrected chi connectivity index (χ1v) is 3.36. The summed E-state index contributed by atoms with van der Waals surface area (Å²) in [4.78, 5) is 12.7. The van der Waals surface area contributed by atoms with E-state index in [1.54, 1.807) is 4.98 Å². The van der Waals surface area contributed by atoms with Gasteiger partial charge in [-0.05, 0) is 0 Å². The van der Waals surface area contributed by atoms with Gasteiger partial charge >= 0.3 is 6.18 Å². The van der Waals surface area contributed by atoms with E-state index < -0.39 is 28.7 Å². The summed E-state index contributed by atoms with van der Waals surface area (Å²) in [7, 11) is 0. The molecule has 0 saturated carbocycles. The minimum absolute atomic E-state index is 0.301. The number of H-pyrrole nitrogens is 1. The maximum absolute atomic E-state index is 12.1. The number of nitrogen functional groups attached to an aromatic ring is 1. The molecule has 0 saturated heterocycles.